The van der Waals surface area contributed by atoms with Crippen LogP contribution in [0.15, 0.2) is 36.4 Å². The van der Waals surface area contributed by atoms with E-state index in [4.69, 9.17) is 9.47 Å². The van der Waals surface area contributed by atoms with E-state index in [1.165, 1.54) is 0 Å². The number of hydrogen-bond donors (Lipinski definition) is 0. The lowest BCUT2D eigenvalue weighted by molar-refractivity contribution is -0.128. The van der Waals surface area contributed by atoms with E-state index in [9.17, 15) is 4.79 Å². The summed E-state index contributed by atoms with van der Waals surface area (Å²) in [6.45, 7) is 4.50. The molecule has 0 N–H and O–H groups in total. The van der Waals surface area contributed by atoms with Crippen LogP contribution in [0.2, 0.25) is 0 Å². The first-order valence-corrected chi connectivity index (χ1v) is 7.72. The van der Waals surface area contributed by atoms with Crippen molar-refractivity contribution in [2.45, 2.75) is 38.8 Å². The molecular weight excluding hydrogens is 278 g/mol. The van der Waals surface area contributed by atoms with Crippen LogP contribution in [0.5, 0.6) is 11.5 Å². The van der Waals surface area contributed by atoms with Crippen molar-refractivity contribution in [3.63, 3.8) is 0 Å². The number of fused-ring (bicyclic) bond motifs is 1. The zero-order valence-electron chi connectivity index (χ0n) is 13.0. The summed E-state index contributed by atoms with van der Waals surface area (Å²) in [4.78, 5) is 14.2. The number of amides is 1. The highest BCUT2D eigenvalue weighted by atomic mass is 16.7. The number of ether oxygens (including phenoxy) is 2. The van der Waals surface area contributed by atoms with Gasteiger partial charge in [0.1, 0.15) is 0 Å². The number of benzene rings is 1. The molecule has 2 heterocycles. The van der Waals surface area contributed by atoms with Crippen LogP contribution in [-0.4, -0.2) is 29.7 Å². The Hall–Kier alpha value is -2.23. The Bertz CT molecular complexity index is 611. The van der Waals surface area contributed by atoms with Crippen molar-refractivity contribution in [1.29, 1.82) is 0 Å². The van der Waals surface area contributed by atoms with E-state index in [2.05, 4.69) is 13.8 Å². The second-order valence-corrected chi connectivity index (χ2v) is 5.85. The van der Waals surface area contributed by atoms with E-state index >= 15 is 0 Å². The average Bonchev–Trinajstić information content (AvgIpc) is 3.09. The molecule has 2 atom stereocenters. The second-order valence-electron chi connectivity index (χ2n) is 5.85. The maximum absolute atomic E-state index is 12.2. The van der Waals surface area contributed by atoms with Gasteiger partial charge in [-0.2, -0.15) is 0 Å². The van der Waals surface area contributed by atoms with E-state index < -0.39 is 0 Å². The molecule has 0 spiro atoms. The Balaban J connectivity index is 1.60. The zero-order chi connectivity index (χ0) is 15.5. The first-order chi connectivity index (χ1) is 10.6. The summed E-state index contributed by atoms with van der Waals surface area (Å²) in [6.07, 6.45) is 9.44. The molecule has 0 aliphatic carbocycles. The van der Waals surface area contributed by atoms with Gasteiger partial charge in [-0.1, -0.05) is 24.3 Å². The van der Waals surface area contributed by atoms with Crippen molar-refractivity contribution in [3.8, 4) is 11.5 Å². The lowest BCUT2D eigenvalue weighted by Gasteiger charge is -2.24. The van der Waals surface area contributed by atoms with Gasteiger partial charge >= 0.3 is 0 Å². The number of likely N-dealkylation sites (tertiary alicyclic amines) is 1. The molecule has 1 amide bonds. The number of allylic oxidation sites excluding steroid dienone is 2. The van der Waals surface area contributed by atoms with Crippen LogP contribution >= 0.6 is 0 Å². The van der Waals surface area contributed by atoms with Gasteiger partial charge in [0.2, 0.25) is 12.7 Å². The number of rotatable bonds is 3. The van der Waals surface area contributed by atoms with Crippen LogP contribution in [0, 0.1) is 0 Å². The van der Waals surface area contributed by atoms with Crippen LogP contribution in [0.25, 0.3) is 6.08 Å². The van der Waals surface area contributed by atoms with Crippen molar-refractivity contribution >= 4 is 12.0 Å². The third-order valence-corrected chi connectivity index (χ3v) is 4.24. The van der Waals surface area contributed by atoms with E-state index in [0.29, 0.717) is 12.1 Å². The minimum absolute atomic E-state index is 0.0906. The molecule has 1 saturated heterocycles. The van der Waals surface area contributed by atoms with Gasteiger partial charge in [-0.15, -0.1) is 0 Å². The molecule has 22 heavy (non-hydrogen) atoms. The number of carbonyl (C=O) groups excluding carboxylic acids is 1. The van der Waals surface area contributed by atoms with Crippen molar-refractivity contribution in [2.24, 2.45) is 0 Å². The fraction of sp³-hybridized carbons (Fsp3) is 0.389. The fourth-order valence-electron chi connectivity index (χ4n) is 3.04. The molecule has 1 fully saturated rings. The molecule has 0 aromatic heterocycles. The van der Waals surface area contributed by atoms with Gasteiger partial charge in [0.15, 0.2) is 11.5 Å². The third-order valence-electron chi connectivity index (χ3n) is 4.24. The molecule has 116 valence electrons. The molecular formula is C18H21NO3. The van der Waals surface area contributed by atoms with Crippen LogP contribution in [-0.2, 0) is 4.79 Å². The van der Waals surface area contributed by atoms with Gasteiger partial charge in [0.25, 0.3) is 0 Å². The molecule has 4 nitrogen and oxygen atoms in total. The first kappa shape index (κ1) is 14.7. The molecule has 2 aliphatic heterocycles. The molecule has 0 unspecified atom stereocenters. The average molecular weight is 299 g/mol. The quantitative estimate of drug-likeness (QED) is 0.634. The molecule has 3 rings (SSSR count). The van der Waals surface area contributed by atoms with Crippen LogP contribution < -0.4 is 9.47 Å². The Morgan fingerprint density at radius 3 is 2.64 bits per heavy atom. The smallest absolute Gasteiger partial charge is 0.247 e. The SMILES string of the molecule is C[C@@H]1CC[C@H](C)N1C(=O)/C=C/C=C/c1ccc2c(c1)OCO2. The molecule has 1 aromatic rings. The minimum atomic E-state index is 0.0906. The summed E-state index contributed by atoms with van der Waals surface area (Å²) >= 11 is 0. The second kappa shape index (κ2) is 6.26. The molecule has 0 radical (unpaired) electrons. The van der Waals surface area contributed by atoms with Gasteiger partial charge < -0.3 is 14.4 Å². The van der Waals surface area contributed by atoms with E-state index in [1.807, 2.05) is 35.3 Å². The van der Waals surface area contributed by atoms with E-state index in [0.717, 1.165) is 29.9 Å². The van der Waals surface area contributed by atoms with Gasteiger partial charge in [0.05, 0.1) is 0 Å². The van der Waals surface area contributed by atoms with Crippen LogP contribution in [0.1, 0.15) is 32.3 Å². The van der Waals surface area contributed by atoms with Crippen LogP contribution in [0.4, 0.5) is 0 Å². The lowest BCUT2D eigenvalue weighted by Crippen LogP contribution is -2.37. The summed E-state index contributed by atoms with van der Waals surface area (Å²) < 4.78 is 10.6. The Morgan fingerprint density at radius 2 is 1.86 bits per heavy atom. The zero-order valence-corrected chi connectivity index (χ0v) is 13.0. The summed E-state index contributed by atoms with van der Waals surface area (Å²) in [6, 6.07) is 6.46. The van der Waals surface area contributed by atoms with Gasteiger partial charge in [-0.3, -0.25) is 4.79 Å². The Kier molecular flexibility index (Phi) is 4.18. The summed E-state index contributed by atoms with van der Waals surface area (Å²) in [5.41, 5.74) is 1.02. The lowest BCUT2D eigenvalue weighted by atomic mass is 10.2. The van der Waals surface area contributed by atoms with Crippen molar-refractivity contribution in [1.82, 2.24) is 4.90 Å². The fourth-order valence-corrected chi connectivity index (χ4v) is 3.04. The molecule has 0 saturated carbocycles. The minimum Gasteiger partial charge on any atom is -0.454 e. The standard InChI is InChI=1S/C18H21NO3/c1-13-7-8-14(2)19(13)18(20)6-4-3-5-15-9-10-16-17(11-15)22-12-21-16/h3-6,9-11,13-14H,7-8,12H2,1-2H3/b5-3+,6-4+/t13-,14+. The molecule has 2 aliphatic rings. The molecule has 1 aromatic carbocycles. The largest absolute Gasteiger partial charge is 0.454 e. The maximum atomic E-state index is 12.2. The number of carbonyl (C=O) groups is 1. The van der Waals surface area contributed by atoms with E-state index in [-0.39, 0.29) is 12.7 Å². The van der Waals surface area contributed by atoms with Crippen molar-refractivity contribution in [2.75, 3.05) is 6.79 Å². The highest BCUT2D eigenvalue weighted by Crippen LogP contribution is 2.32. The van der Waals surface area contributed by atoms with E-state index in [1.54, 1.807) is 12.2 Å². The predicted molar refractivity (Wildman–Crippen MR) is 85.7 cm³/mol. The number of nitrogens with zero attached hydrogens (tertiary/aromatic N) is 1. The summed E-state index contributed by atoms with van der Waals surface area (Å²) in [7, 11) is 0. The highest BCUT2D eigenvalue weighted by Gasteiger charge is 2.29. The highest BCUT2D eigenvalue weighted by molar-refractivity contribution is 5.88. The van der Waals surface area contributed by atoms with Crippen molar-refractivity contribution < 1.29 is 14.3 Å². The molecule has 0 bridgehead atoms. The predicted octanol–water partition coefficient (Wildman–Crippen LogP) is 3.38. The number of hydrogen-bond acceptors (Lipinski definition) is 3. The Labute approximate surface area is 131 Å². The van der Waals surface area contributed by atoms with Crippen molar-refractivity contribution in [3.05, 3.63) is 42.0 Å². The monoisotopic (exact) mass is 299 g/mol. The van der Waals surface area contributed by atoms with Gasteiger partial charge in [-0.05, 0) is 44.4 Å². The van der Waals surface area contributed by atoms with Gasteiger partial charge in [0, 0.05) is 18.2 Å². The normalized spacial score (nSPS) is 23.8. The maximum Gasteiger partial charge on any atom is 0.247 e. The van der Waals surface area contributed by atoms with Gasteiger partial charge in [-0.25, -0.2) is 0 Å². The summed E-state index contributed by atoms with van der Waals surface area (Å²) in [5, 5.41) is 0. The first-order valence-electron chi connectivity index (χ1n) is 7.72. The topological polar surface area (TPSA) is 38.8 Å². The summed E-state index contributed by atoms with van der Waals surface area (Å²) in [5.74, 6) is 1.63. The van der Waals surface area contributed by atoms with Crippen LogP contribution in [0.3, 0.4) is 0 Å². The third kappa shape index (κ3) is 3.01. The molecule has 4 heteroatoms. The Morgan fingerprint density at radius 1 is 1.14 bits per heavy atom.